The average molecular weight is 1180 g/mol. The number of carbonyl (C=O) groups is 11. The molecule has 1 heterocycles. The van der Waals surface area contributed by atoms with Gasteiger partial charge in [0.2, 0.25) is 53.2 Å². The maximum Gasteiger partial charge on any atom is 0.326 e. The minimum Gasteiger partial charge on any atom is -0.343 e. The Balaban J connectivity index is 4.14. The summed E-state index contributed by atoms with van der Waals surface area (Å²) in [6.07, 6.45) is 6.24. The molecule has 0 bridgehead atoms. The largest absolute Gasteiger partial charge is 0.343 e. The Morgan fingerprint density at radius 2 is 0.904 bits per heavy atom. The van der Waals surface area contributed by atoms with Crippen molar-refractivity contribution in [3.05, 3.63) is 0 Å². The fourth-order valence-corrected chi connectivity index (χ4v) is 10.5. The van der Waals surface area contributed by atoms with Crippen molar-refractivity contribution in [1.29, 1.82) is 0 Å². The van der Waals surface area contributed by atoms with Gasteiger partial charge in [-0.1, -0.05) is 115 Å². The van der Waals surface area contributed by atoms with Gasteiger partial charge < -0.3 is 56.4 Å². The van der Waals surface area contributed by atoms with E-state index in [1.54, 1.807) is 34.6 Å². The van der Waals surface area contributed by atoms with Gasteiger partial charge in [0.25, 0.3) is 5.91 Å². The van der Waals surface area contributed by atoms with E-state index in [0.717, 1.165) is 48.3 Å². The molecule has 1 aliphatic rings. The summed E-state index contributed by atoms with van der Waals surface area (Å²) in [5.41, 5.74) is 5.70. The van der Waals surface area contributed by atoms with Crippen molar-refractivity contribution in [3.8, 4) is 0 Å². The second kappa shape index (κ2) is 35.4. The Morgan fingerprint density at radius 3 is 1.41 bits per heavy atom. The number of urea groups is 1. The van der Waals surface area contributed by atoms with Crippen molar-refractivity contribution in [2.75, 3.05) is 62.4 Å². The molecule has 0 aliphatic carbocycles. The Bertz CT molecular complexity index is 2190. The van der Waals surface area contributed by atoms with Crippen LogP contribution in [0.3, 0.4) is 0 Å². The number of amides is 12. The van der Waals surface area contributed by atoms with E-state index >= 15 is 0 Å². The van der Waals surface area contributed by atoms with Gasteiger partial charge in [-0.3, -0.25) is 52.8 Å². The van der Waals surface area contributed by atoms with E-state index in [1.165, 1.54) is 87.7 Å². The Kier molecular flexibility index (Phi) is 32.1. The summed E-state index contributed by atoms with van der Waals surface area (Å²) in [7, 11) is 9.82. The van der Waals surface area contributed by atoms with Crippen molar-refractivity contribution in [2.45, 2.75) is 222 Å². The summed E-state index contributed by atoms with van der Waals surface area (Å²) in [6.45, 7) is 24.8. The Morgan fingerprint density at radius 1 is 0.458 bits per heavy atom. The van der Waals surface area contributed by atoms with Crippen molar-refractivity contribution in [1.82, 2.24) is 55.6 Å². The molecule has 12 amide bonds. The van der Waals surface area contributed by atoms with Crippen molar-refractivity contribution < 1.29 is 52.7 Å². The number of imide groups is 1. The standard InChI is InChI=1S/C60H110N12O11/c1-22-43-56(79)66(15)34-48(73)67(16)44(30-35(2)3)54(77)65-49(38(8)9)58(81)68(17)45(31-36(4)5)52(75)62-41(13)51(74)63-42(14)55(78)70(19)47(32-37(6)7)57(80)72(21)60(83)71(20)50(39(10)11)59(82)69(18)46(53(76)64-43)33-40(12)28-26-24-23-25-27-29-61/h35-47,49-50H,22-34,61H2,1-21H3,(H,62,75)(H,63,74)(H,64,76)(H,65,77)/t40-,41-,42?,43+,44+,45-,46?,47?,49-,50+/m1/s1. The van der Waals surface area contributed by atoms with Gasteiger partial charge in [-0.25, -0.2) is 4.79 Å². The summed E-state index contributed by atoms with van der Waals surface area (Å²) in [4.78, 5) is 167. The fraction of sp³-hybridized carbons (Fsp3) is 0.817. The van der Waals surface area contributed by atoms with Crippen LogP contribution >= 0.6 is 0 Å². The monoisotopic (exact) mass is 1170 g/mol. The van der Waals surface area contributed by atoms with Gasteiger partial charge in [-0.15, -0.1) is 0 Å². The third-order valence-corrected chi connectivity index (χ3v) is 15.8. The Hall–Kier alpha value is -5.87. The fourth-order valence-electron chi connectivity index (χ4n) is 10.5. The summed E-state index contributed by atoms with van der Waals surface area (Å²) >= 11 is 0. The first-order chi connectivity index (χ1) is 38.5. The smallest absolute Gasteiger partial charge is 0.326 e. The minimum absolute atomic E-state index is 0.0787. The molecule has 0 saturated carbocycles. The van der Waals surface area contributed by atoms with E-state index in [9.17, 15) is 52.7 Å². The zero-order valence-corrected chi connectivity index (χ0v) is 54.6. The SMILES string of the molecule is CC[C@@H]1NC(=O)C(C[C@H](C)CCCCCCCN)N(C)C(=O)[C@H](C(C)C)N(C)C(=O)N(C)C(=O)C(CC(C)C)N(C)C(=O)C(C)NC(=O)[C@@H](C)NC(=O)[C@@H](CC(C)C)N(C)C(=O)[C@@H](C(C)C)NC(=O)[C@H](CC(C)C)N(C)C(=O)CN(C)C1=O. The van der Waals surface area contributed by atoms with E-state index in [4.69, 9.17) is 5.73 Å². The first kappa shape index (κ1) is 75.1. The molecule has 3 unspecified atom stereocenters. The second-order valence-corrected chi connectivity index (χ2v) is 25.3. The van der Waals surface area contributed by atoms with E-state index in [-0.39, 0.29) is 55.8 Å². The molecule has 10 atom stereocenters. The van der Waals surface area contributed by atoms with Crippen LogP contribution in [0.2, 0.25) is 0 Å². The van der Waals surface area contributed by atoms with Crippen LogP contribution in [-0.4, -0.2) is 216 Å². The number of hydrogen-bond acceptors (Lipinski definition) is 12. The third kappa shape index (κ3) is 22.6. The number of nitrogens with zero attached hydrogens (tertiary/aromatic N) is 7. The predicted octanol–water partition coefficient (Wildman–Crippen LogP) is 3.81. The number of nitrogens with two attached hydrogens (primary N) is 1. The molecule has 0 radical (unpaired) electrons. The summed E-state index contributed by atoms with van der Waals surface area (Å²) < 4.78 is 0. The molecule has 0 aromatic carbocycles. The van der Waals surface area contributed by atoms with Crippen molar-refractivity contribution in [3.63, 3.8) is 0 Å². The highest BCUT2D eigenvalue weighted by atomic mass is 16.2. The zero-order chi connectivity index (χ0) is 64.1. The van der Waals surface area contributed by atoms with Crippen molar-refractivity contribution >= 4 is 65.1 Å². The number of nitrogens with one attached hydrogen (secondary N) is 4. The molecule has 23 heteroatoms. The molecule has 476 valence electrons. The van der Waals surface area contributed by atoms with Crippen LogP contribution in [0.1, 0.15) is 168 Å². The van der Waals surface area contributed by atoms with Gasteiger partial charge in [0.15, 0.2) is 0 Å². The quantitative estimate of drug-likeness (QED) is 0.123. The number of likely N-dealkylation sites (N-methyl/N-ethyl adjacent to an activating group) is 7. The highest BCUT2D eigenvalue weighted by Crippen LogP contribution is 2.24. The van der Waals surface area contributed by atoms with Crippen LogP contribution in [0.25, 0.3) is 0 Å². The molecule has 0 aromatic rings. The van der Waals surface area contributed by atoms with Gasteiger partial charge in [-0.2, -0.15) is 0 Å². The van der Waals surface area contributed by atoms with Gasteiger partial charge in [0, 0.05) is 49.3 Å². The van der Waals surface area contributed by atoms with E-state index in [1.807, 2.05) is 48.5 Å². The van der Waals surface area contributed by atoms with E-state index < -0.39 is 138 Å². The van der Waals surface area contributed by atoms with Gasteiger partial charge >= 0.3 is 6.03 Å². The van der Waals surface area contributed by atoms with E-state index in [0.29, 0.717) is 6.54 Å². The number of rotatable bonds is 18. The van der Waals surface area contributed by atoms with E-state index in [2.05, 4.69) is 21.3 Å². The third-order valence-electron chi connectivity index (χ3n) is 15.8. The first-order valence-electron chi connectivity index (χ1n) is 30.2. The number of hydrogen-bond donors (Lipinski definition) is 5. The summed E-state index contributed by atoms with van der Waals surface area (Å²) in [6, 6.07) is -11.4. The number of carbonyl (C=O) groups excluding carboxylic acids is 11. The summed E-state index contributed by atoms with van der Waals surface area (Å²) in [5, 5.41) is 11.1. The second-order valence-electron chi connectivity index (χ2n) is 25.3. The van der Waals surface area contributed by atoms with Gasteiger partial charge in [0.05, 0.1) is 6.54 Å². The van der Waals surface area contributed by atoms with Crippen LogP contribution in [-0.2, 0) is 47.9 Å². The lowest BCUT2D eigenvalue weighted by Gasteiger charge is -2.39. The van der Waals surface area contributed by atoms with Crippen LogP contribution < -0.4 is 27.0 Å². The maximum absolute atomic E-state index is 15.0. The highest BCUT2D eigenvalue weighted by Gasteiger charge is 2.43. The van der Waals surface area contributed by atoms with Gasteiger partial charge in [-0.05, 0) is 94.4 Å². The van der Waals surface area contributed by atoms with Crippen LogP contribution in [0.4, 0.5) is 4.79 Å². The highest BCUT2D eigenvalue weighted by molar-refractivity contribution is 6.02. The van der Waals surface area contributed by atoms with Crippen LogP contribution in [0.15, 0.2) is 0 Å². The average Bonchev–Trinajstić information content (AvgIpc) is 3.41. The normalized spacial score (nSPS) is 25.7. The molecule has 1 aliphatic heterocycles. The maximum atomic E-state index is 15.0. The summed E-state index contributed by atoms with van der Waals surface area (Å²) in [5.74, 6) is -8.02. The lowest BCUT2D eigenvalue weighted by atomic mass is 9.93. The molecule has 1 rings (SSSR count). The first-order valence-corrected chi connectivity index (χ1v) is 30.2. The molecular formula is C60H110N12O11. The molecule has 83 heavy (non-hydrogen) atoms. The lowest BCUT2D eigenvalue weighted by molar-refractivity contribution is -0.148. The van der Waals surface area contributed by atoms with Gasteiger partial charge in [0.1, 0.15) is 54.4 Å². The molecule has 1 fully saturated rings. The van der Waals surface area contributed by atoms with Crippen LogP contribution in [0.5, 0.6) is 0 Å². The van der Waals surface area contributed by atoms with Crippen molar-refractivity contribution in [2.24, 2.45) is 41.2 Å². The molecular weight excluding hydrogens is 1060 g/mol. The predicted molar refractivity (Wildman–Crippen MR) is 322 cm³/mol. The topological polar surface area (TPSA) is 285 Å². The zero-order valence-electron chi connectivity index (χ0n) is 54.6. The van der Waals surface area contributed by atoms with Crippen LogP contribution in [0, 0.1) is 35.5 Å². The molecule has 0 aromatic heterocycles. The molecule has 0 spiro atoms. The molecule has 23 nitrogen and oxygen atoms in total. The minimum atomic E-state index is -1.23. The molecule has 1 saturated heterocycles. The molecule has 6 N–H and O–H groups in total. The number of unbranched alkanes of at least 4 members (excludes halogenated alkanes) is 4. The lowest BCUT2D eigenvalue weighted by Crippen LogP contribution is -2.61. The Labute approximate surface area is 497 Å².